The number of benzene rings is 1. The van der Waals surface area contributed by atoms with Crippen LogP contribution in [-0.4, -0.2) is 5.84 Å². The van der Waals surface area contributed by atoms with Crippen molar-refractivity contribution in [3.8, 4) is 0 Å². The van der Waals surface area contributed by atoms with Gasteiger partial charge >= 0.3 is 0 Å². The van der Waals surface area contributed by atoms with E-state index in [1.54, 1.807) is 0 Å². The molecule has 0 fully saturated rings. The molecule has 74 valence electrons. The Balaban J connectivity index is 2.49. The maximum atomic E-state index is 13.2. The van der Waals surface area contributed by atoms with Gasteiger partial charge in [0.2, 0.25) is 0 Å². The number of nitrogens with zero attached hydrogens (tertiary/aromatic N) is 1. The Labute approximate surface area is 85.6 Å². The molecule has 14 heavy (non-hydrogen) atoms. The van der Waals surface area contributed by atoms with Gasteiger partial charge in [-0.15, -0.1) is 0 Å². The number of nitrogens with one attached hydrogen (secondary N) is 1. The first-order chi connectivity index (χ1) is 6.70. The lowest BCUT2D eigenvalue weighted by atomic mass is 10.2. The fourth-order valence-electron chi connectivity index (χ4n) is 0.946. The van der Waals surface area contributed by atoms with Crippen molar-refractivity contribution in [2.75, 3.05) is 0 Å². The van der Waals surface area contributed by atoms with Gasteiger partial charge in [-0.25, -0.2) is 13.2 Å². The van der Waals surface area contributed by atoms with E-state index in [0.717, 1.165) is 23.1 Å². The maximum Gasteiger partial charge on any atom is 0.195 e. The van der Waals surface area contributed by atoms with Crippen molar-refractivity contribution in [2.24, 2.45) is 4.40 Å². The van der Waals surface area contributed by atoms with Gasteiger partial charge in [-0.05, 0) is 12.1 Å². The van der Waals surface area contributed by atoms with E-state index in [1.165, 1.54) is 11.0 Å². The van der Waals surface area contributed by atoms with E-state index in [4.69, 9.17) is 0 Å². The molecule has 1 aromatic carbocycles. The molecule has 0 radical (unpaired) electrons. The molecule has 1 heterocycles. The first-order valence-corrected chi connectivity index (χ1v) is 5.61. The van der Waals surface area contributed by atoms with E-state index in [9.17, 15) is 13.2 Å². The Bertz CT molecular complexity index is 408. The van der Waals surface area contributed by atoms with Gasteiger partial charge in [0.1, 0.15) is 0 Å². The van der Waals surface area contributed by atoms with Crippen molar-refractivity contribution in [3.63, 3.8) is 0 Å². The van der Waals surface area contributed by atoms with Crippen LogP contribution in [0.25, 0.3) is 0 Å². The Morgan fingerprint density at radius 2 is 1.93 bits per heavy atom. The standard InChI is InChI=1S/C7H3F3N2S2/c8-4-2-1-3(5(9)6(4)10)7-11-13-14-12-7/h1-2H,(H,11,12). The van der Waals surface area contributed by atoms with Gasteiger partial charge in [-0.3, -0.25) is 0 Å². The van der Waals surface area contributed by atoms with Crippen LogP contribution in [0.1, 0.15) is 5.56 Å². The number of hydrogen-bond donors (Lipinski definition) is 1. The van der Waals surface area contributed by atoms with Crippen LogP contribution in [0.5, 0.6) is 0 Å². The highest BCUT2D eigenvalue weighted by Gasteiger charge is 2.19. The molecule has 0 saturated carbocycles. The van der Waals surface area contributed by atoms with Crippen molar-refractivity contribution in [3.05, 3.63) is 35.1 Å². The monoisotopic (exact) mass is 236 g/mol. The quantitative estimate of drug-likeness (QED) is 0.461. The normalized spacial score (nSPS) is 15.2. The average molecular weight is 236 g/mol. The highest BCUT2D eigenvalue weighted by molar-refractivity contribution is 8.76. The minimum atomic E-state index is -1.48. The van der Waals surface area contributed by atoms with Crippen LogP contribution in [0.3, 0.4) is 0 Å². The van der Waals surface area contributed by atoms with E-state index >= 15 is 0 Å². The minimum Gasteiger partial charge on any atom is -0.303 e. The maximum absolute atomic E-state index is 13.2. The zero-order chi connectivity index (χ0) is 10.1. The summed E-state index contributed by atoms with van der Waals surface area (Å²) in [7, 11) is 2.28. The molecule has 7 heteroatoms. The van der Waals surface area contributed by atoms with Crippen LogP contribution < -0.4 is 4.72 Å². The zero-order valence-corrected chi connectivity index (χ0v) is 8.19. The lowest BCUT2D eigenvalue weighted by Crippen LogP contribution is -2.15. The van der Waals surface area contributed by atoms with Gasteiger partial charge in [0.05, 0.1) is 16.5 Å². The van der Waals surface area contributed by atoms with E-state index in [1.807, 2.05) is 0 Å². The highest BCUT2D eigenvalue weighted by Crippen LogP contribution is 2.28. The minimum absolute atomic E-state index is 0.0681. The fourth-order valence-corrected chi connectivity index (χ4v) is 2.21. The van der Waals surface area contributed by atoms with Gasteiger partial charge in [-0.1, -0.05) is 0 Å². The lowest BCUT2D eigenvalue weighted by Gasteiger charge is -2.03. The zero-order valence-electron chi connectivity index (χ0n) is 6.55. The molecule has 1 aromatic rings. The highest BCUT2D eigenvalue weighted by atomic mass is 33.1. The van der Waals surface area contributed by atoms with Gasteiger partial charge in [-0.2, -0.15) is 4.40 Å². The summed E-state index contributed by atoms with van der Waals surface area (Å²) in [4.78, 5) is 0. The molecular weight excluding hydrogens is 233 g/mol. The van der Waals surface area contributed by atoms with E-state index in [-0.39, 0.29) is 11.4 Å². The van der Waals surface area contributed by atoms with Crippen molar-refractivity contribution in [2.45, 2.75) is 0 Å². The first kappa shape index (κ1) is 9.72. The smallest absolute Gasteiger partial charge is 0.195 e. The van der Waals surface area contributed by atoms with Crippen LogP contribution in [-0.2, 0) is 0 Å². The Morgan fingerprint density at radius 1 is 1.14 bits per heavy atom. The number of halogens is 3. The molecule has 0 aromatic heterocycles. The van der Waals surface area contributed by atoms with Crippen molar-refractivity contribution in [1.29, 1.82) is 0 Å². The van der Waals surface area contributed by atoms with E-state index in [2.05, 4.69) is 9.12 Å². The molecule has 0 atom stereocenters. The van der Waals surface area contributed by atoms with Gasteiger partial charge in [0.25, 0.3) is 0 Å². The van der Waals surface area contributed by atoms with E-state index in [0.29, 0.717) is 0 Å². The first-order valence-electron chi connectivity index (χ1n) is 3.50. The molecule has 1 N–H and O–H groups in total. The summed E-state index contributed by atoms with van der Waals surface area (Å²) in [6.07, 6.45) is 0. The van der Waals surface area contributed by atoms with Crippen LogP contribution in [0.2, 0.25) is 0 Å². The van der Waals surface area contributed by atoms with Crippen molar-refractivity contribution >= 4 is 27.8 Å². The average Bonchev–Trinajstić information content (AvgIpc) is 2.67. The van der Waals surface area contributed by atoms with Crippen molar-refractivity contribution in [1.82, 2.24) is 4.72 Å². The molecule has 1 aliphatic rings. The summed E-state index contributed by atoms with van der Waals surface area (Å²) in [5.41, 5.74) is -0.0681. The predicted octanol–water partition coefficient (Wildman–Crippen LogP) is 2.67. The molecule has 0 unspecified atom stereocenters. The Hall–Kier alpha value is -0.820. The van der Waals surface area contributed by atoms with Gasteiger partial charge in [0.15, 0.2) is 23.3 Å². The molecule has 0 amide bonds. The molecule has 0 bridgehead atoms. The molecule has 0 saturated heterocycles. The Kier molecular flexibility index (Phi) is 2.60. The largest absolute Gasteiger partial charge is 0.303 e. The molecule has 2 rings (SSSR count). The second-order valence-electron chi connectivity index (χ2n) is 2.42. The fraction of sp³-hybridized carbons (Fsp3) is 0. The molecule has 0 aliphatic carbocycles. The van der Waals surface area contributed by atoms with Crippen LogP contribution >= 0.6 is 22.0 Å². The predicted molar refractivity (Wildman–Crippen MR) is 51.2 cm³/mol. The summed E-state index contributed by atoms with van der Waals surface area (Å²) in [5.74, 6) is -3.70. The SMILES string of the molecule is Fc1ccc(C2=NSSN2)c(F)c1F. The molecule has 1 aliphatic heterocycles. The summed E-state index contributed by atoms with van der Waals surface area (Å²) >= 11 is 0. The number of hydrogen-bond acceptors (Lipinski definition) is 4. The second-order valence-corrected chi connectivity index (χ2v) is 4.07. The Morgan fingerprint density at radius 3 is 2.57 bits per heavy atom. The summed E-state index contributed by atoms with van der Waals surface area (Å²) in [5, 5.41) is 0. The third-order valence-electron chi connectivity index (χ3n) is 1.59. The molecule has 0 spiro atoms. The molecule has 2 nitrogen and oxygen atoms in total. The third kappa shape index (κ3) is 1.57. The van der Waals surface area contributed by atoms with Crippen LogP contribution in [0.4, 0.5) is 13.2 Å². The van der Waals surface area contributed by atoms with Gasteiger partial charge in [0, 0.05) is 11.0 Å². The van der Waals surface area contributed by atoms with Crippen LogP contribution in [0.15, 0.2) is 16.5 Å². The molecular formula is C7H3F3N2S2. The number of rotatable bonds is 1. The second kappa shape index (κ2) is 3.74. The van der Waals surface area contributed by atoms with E-state index < -0.39 is 17.5 Å². The van der Waals surface area contributed by atoms with Crippen LogP contribution in [0, 0.1) is 17.5 Å². The lowest BCUT2D eigenvalue weighted by molar-refractivity contribution is 0.446. The summed E-state index contributed by atoms with van der Waals surface area (Å²) in [6, 6.07) is 2.01. The topological polar surface area (TPSA) is 24.4 Å². The third-order valence-corrected chi connectivity index (χ3v) is 2.90. The summed E-state index contributed by atoms with van der Waals surface area (Å²) < 4.78 is 45.0. The summed E-state index contributed by atoms with van der Waals surface area (Å²) in [6.45, 7) is 0. The number of amidine groups is 1. The van der Waals surface area contributed by atoms with Crippen molar-refractivity contribution < 1.29 is 13.2 Å². The van der Waals surface area contributed by atoms with Gasteiger partial charge < -0.3 is 4.72 Å².